The van der Waals surface area contributed by atoms with Gasteiger partial charge in [-0.15, -0.1) is 0 Å². The minimum atomic E-state index is -0.371. The molecule has 5 rings (SSSR count). The predicted octanol–water partition coefficient (Wildman–Crippen LogP) is 4.31. The molecule has 0 atom stereocenters. The van der Waals surface area contributed by atoms with E-state index in [1.807, 2.05) is 48.7 Å². The van der Waals surface area contributed by atoms with E-state index in [1.165, 1.54) is 0 Å². The van der Waals surface area contributed by atoms with Crippen molar-refractivity contribution in [2.75, 3.05) is 5.73 Å². The molecule has 2 aromatic heterocycles. The van der Waals surface area contributed by atoms with Crippen molar-refractivity contribution in [3.63, 3.8) is 0 Å². The first-order chi connectivity index (χ1) is 12.7. The summed E-state index contributed by atoms with van der Waals surface area (Å²) in [4.78, 5) is 15.7. The molecule has 0 aliphatic heterocycles. The van der Waals surface area contributed by atoms with E-state index >= 15 is 0 Å². The number of aromatic amines is 1. The summed E-state index contributed by atoms with van der Waals surface area (Å²) in [7, 11) is 0. The fourth-order valence-corrected chi connectivity index (χ4v) is 3.45. The third kappa shape index (κ3) is 2.07. The standard InChI is InChI=1S/C21H15N3O2/c22-13-5-3-6-14(11-13)24-20-16(8-4-9-17(20)21(25)26-24)18-12-23-19-10-2-1-7-15(18)19/h1-12,23H,22H2. The predicted molar refractivity (Wildman–Crippen MR) is 104 cm³/mol. The van der Waals surface area contributed by atoms with Crippen LogP contribution in [0.15, 0.2) is 82.2 Å². The lowest BCUT2D eigenvalue weighted by atomic mass is 10.0. The summed E-state index contributed by atoms with van der Waals surface area (Å²) in [6, 6.07) is 21.0. The van der Waals surface area contributed by atoms with Crippen molar-refractivity contribution in [3.8, 4) is 16.8 Å². The van der Waals surface area contributed by atoms with Gasteiger partial charge in [-0.3, -0.25) is 0 Å². The third-order valence-electron chi connectivity index (χ3n) is 4.62. The van der Waals surface area contributed by atoms with Crippen molar-refractivity contribution in [1.29, 1.82) is 0 Å². The maximum absolute atomic E-state index is 12.4. The van der Waals surface area contributed by atoms with Gasteiger partial charge in [0, 0.05) is 33.9 Å². The number of hydrogen-bond donors (Lipinski definition) is 2. The maximum atomic E-state index is 12.4. The molecule has 0 saturated heterocycles. The largest absolute Gasteiger partial charge is 0.399 e. The van der Waals surface area contributed by atoms with Crippen LogP contribution >= 0.6 is 0 Å². The van der Waals surface area contributed by atoms with E-state index in [4.69, 9.17) is 10.3 Å². The zero-order valence-corrected chi connectivity index (χ0v) is 13.8. The maximum Gasteiger partial charge on any atom is 0.365 e. The van der Waals surface area contributed by atoms with Crippen LogP contribution in [0.3, 0.4) is 0 Å². The van der Waals surface area contributed by atoms with Crippen LogP contribution in [0.4, 0.5) is 5.69 Å². The highest BCUT2D eigenvalue weighted by Crippen LogP contribution is 2.34. The Labute approximate surface area is 148 Å². The molecule has 0 aliphatic rings. The van der Waals surface area contributed by atoms with Crippen LogP contribution in [0.5, 0.6) is 0 Å². The van der Waals surface area contributed by atoms with E-state index in [-0.39, 0.29) is 5.63 Å². The van der Waals surface area contributed by atoms with Gasteiger partial charge in [-0.1, -0.05) is 36.4 Å². The number of H-pyrrole nitrogens is 1. The van der Waals surface area contributed by atoms with Crippen molar-refractivity contribution >= 4 is 27.5 Å². The lowest BCUT2D eigenvalue weighted by molar-refractivity contribution is 0.333. The minimum absolute atomic E-state index is 0.371. The average Bonchev–Trinajstić information content (AvgIpc) is 3.23. The molecule has 5 heteroatoms. The number of nitrogens with zero attached hydrogens (tertiary/aromatic N) is 1. The summed E-state index contributed by atoms with van der Waals surface area (Å²) in [6.07, 6.45) is 1.96. The Hall–Kier alpha value is -3.73. The van der Waals surface area contributed by atoms with Gasteiger partial charge >= 0.3 is 5.63 Å². The Kier molecular flexibility index (Phi) is 3.03. The van der Waals surface area contributed by atoms with Crippen LogP contribution < -0.4 is 11.4 Å². The molecule has 0 spiro atoms. The van der Waals surface area contributed by atoms with Crippen LogP contribution in [0, 0.1) is 0 Å². The number of nitrogen functional groups attached to an aromatic ring is 1. The molecular formula is C21H15N3O2. The van der Waals surface area contributed by atoms with Gasteiger partial charge < -0.3 is 15.2 Å². The van der Waals surface area contributed by atoms with Gasteiger partial charge in [0.1, 0.15) is 5.52 Å². The number of rotatable bonds is 2. The Bertz CT molecular complexity index is 1320. The molecule has 5 nitrogen and oxygen atoms in total. The van der Waals surface area contributed by atoms with E-state index in [0.717, 1.165) is 27.5 Å². The van der Waals surface area contributed by atoms with Crippen LogP contribution in [0.2, 0.25) is 0 Å². The second kappa shape index (κ2) is 5.39. The Morgan fingerprint density at radius 1 is 0.885 bits per heavy atom. The minimum Gasteiger partial charge on any atom is -0.399 e. The number of benzene rings is 3. The van der Waals surface area contributed by atoms with Gasteiger partial charge in [0.2, 0.25) is 0 Å². The van der Waals surface area contributed by atoms with Crippen molar-refractivity contribution in [1.82, 2.24) is 9.72 Å². The number of fused-ring (bicyclic) bond motifs is 2. The normalized spacial score (nSPS) is 11.4. The molecule has 0 amide bonds. The molecule has 0 aliphatic carbocycles. The Morgan fingerprint density at radius 3 is 2.58 bits per heavy atom. The van der Waals surface area contributed by atoms with Gasteiger partial charge in [0.15, 0.2) is 0 Å². The van der Waals surface area contributed by atoms with Gasteiger partial charge in [-0.2, -0.15) is 4.74 Å². The van der Waals surface area contributed by atoms with E-state index in [1.54, 1.807) is 22.9 Å². The molecular weight excluding hydrogens is 326 g/mol. The SMILES string of the molecule is Nc1cccc(-n2oc(=O)c3cccc(-c4c[nH]c5ccccc45)c32)c1. The van der Waals surface area contributed by atoms with Gasteiger partial charge in [0.25, 0.3) is 0 Å². The summed E-state index contributed by atoms with van der Waals surface area (Å²) >= 11 is 0. The number of para-hydroxylation sites is 2. The van der Waals surface area contributed by atoms with Crippen LogP contribution in [-0.4, -0.2) is 9.72 Å². The fourth-order valence-electron chi connectivity index (χ4n) is 3.45. The van der Waals surface area contributed by atoms with Crippen LogP contribution in [0.25, 0.3) is 38.6 Å². The highest BCUT2D eigenvalue weighted by Gasteiger charge is 2.17. The summed E-state index contributed by atoms with van der Waals surface area (Å²) in [6.45, 7) is 0. The third-order valence-corrected chi connectivity index (χ3v) is 4.62. The van der Waals surface area contributed by atoms with E-state index in [2.05, 4.69) is 11.1 Å². The number of hydrogen-bond acceptors (Lipinski definition) is 3. The molecule has 126 valence electrons. The van der Waals surface area contributed by atoms with Crippen molar-refractivity contribution < 1.29 is 4.52 Å². The van der Waals surface area contributed by atoms with E-state index in [9.17, 15) is 4.79 Å². The van der Waals surface area contributed by atoms with Crippen molar-refractivity contribution in [2.45, 2.75) is 0 Å². The molecule has 3 N–H and O–H groups in total. The lowest BCUT2D eigenvalue weighted by Gasteiger charge is -2.07. The first-order valence-corrected chi connectivity index (χ1v) is 8.30. The molecule has 0 unspecified atom stereocenters. The molecule has 26 heavy (non-hydrogen) atoms. The van der Waals surface area contributed by atoms with Crippen LogP contribution in [0.1, 0.15) is 0 Å². The first-order valence-electron chi connectivity index (χ1n) is 8.30. The molecule has 3 aromatic carbocycles. The average molecular weight is 341 g/mol. The van der Waals surface area contributed by atoms with Crippen molar-refractivity contribution in [2.24, 2.45) is 0 Å². The molecule has 0 bridgehead atoms. The summed E-state index contributed by atoms with van der Waals surface area (Å²) in [5.74, 6) is 0. The molecule has 0 radical (unpaired) electrons. The number of nitrogens with one attached hydrogen (secondary N) is 1. The molecule has 2 heterocycles. The fraction of sp³-hybridized carbons (Fsp3) is 0. The summed E-state index contributed by atoms with van der Waals surface area (Å²) < 4.78 is 7.11. The summed E-state index contributed by atoms with van der Waals surface area (Å²) in [5.41, 5.74) is 10.6. The Balaban J connectivity index is 1.89. The summed E-state index contributed by atoms with van der Waals surface area (Å²) in [5, 5.41) is 1.63. The van der Waals surface area contributed by atoms with Gasteiger partial charge in [0.05, 0.1) is 11.1 Å². The van der Waals surface area contributed by atoms with Gasteiger partial charge in [-0.05, 0) is 30.3 Å². The smallest absolute Gasteiger partial charge is 0.365 e. The first kappa shape index (κ1) is 14.6. The van der Waals surface area contributed by atoms with Crippen molar-refractivity contribution in [3.05, 3.63) is 83.3 Å². The highest BCUT2D eigenvalue weighted by molar-refractivity contribution is 6.03. The second-order valence-corrected chi connectivity index (χ2v) is 6.22. The zero-order chi connectivity index (χ0) is 17.7. The molecule has 0 fully saturated rings. The number of nitrogens with two attached hydrogens (primary N) is 1. The highest BCUT2D eigenvalue weighted by atomic mass is 16.5. The lowest BCUT2D eigenvalue weighted by Crippen LogP contribution is -1.96. The van der Waals surface area contributed by atoms with Crippen LogP contribution in [-0.2, 0) is 0 Å². The molecule has 5 aromatic rings. The van der Waals surface area contributed by atoms with E-state index in [0.29, 0.717) is 16.8 Å². The number of anilines is 1. The molecule has 0 saturated carbocycles. The zero-order valence-electron chi connectivity index (χ0n) is 13.8. The second-order valence-electron chi connectivity index (χ2n) is 6.22. The van der Waals surface area contributed by atoms with Gasteiger partial charge in [-0.25, -0.2) is 4.79 Å². The topological polar surface area (TPSA) is 77.0 Å². The Morgan fingerprint density at radius 2 is 1.69 bits per heavy atom. The monoisotopic (exact) mass is 341 g/mol. The number of aromatic nitrogens is 2. The van der Waals surface area contributed by atoms with E-state index < -0.39 is 0 Å². The quantitative estimate of drug-likeness (QED) is 0.470.